The van der Waals surface area contributed by atoms with E-state index in [9.17, 15) is 4.79 Å². The zero-order valence-corrected chi connectivity index (χ0v) is 14.9. The number of rotatable bonds is 4. The predicted molar refractivity (Wildman–Crippen MR) is 96.7 cm³/mol. The van der Waals surface area contributed by atoms with Crippen molar-refractivity contribution in [3.05, 3.63) is 50.7 Å². The fourth-order valence-electron chi connectivity index (χ4n) is 2.20. The highest BCUT2D eigenvalue weighted by molar-refractivity contribution is 14.1. The van der Waals surface area contributed by atoms with Gasteiger partial charge in [-0.2, -0.15) is 4.98 Å². The molecular formula is C16H12IN3O2S. The van der Waals surface area contributed by atoms with Crippen LogP contribution in [0, 0.1) is 3.57 Å². The van der Waals surface area contributed by atoms with Gasteiger partial charge in [0.25, 0.3) is 11.8 Å². The van der Waals surface area contributed by atoms with Crippen LogP contribution in [0.4, 0.5) is 5.69 Å². The topological polar surface area (TPSA) is 68.0 Å². The number of hydrogen-bond donors (Lipinski definition) is 1. The Morgan fingerprint density at radius 3 is 2.78 bits per heavy atom. The summed E-state index contributed by atoms with van der Waals surface area (Å²) in [5, 5.41) is 8.85. The number of carbonyl (C=O) groups is 1. The molecule has 1 fully saturated rings. The molecular weight excluding hydrogens is 425 g/mol. The van der Waals surface area contributed by atoms with Gasteiger partial charge >= 0.3 is 0 Å². The molecule has 0 saturated heterocycles. The number of halogens is 1. The van der Waals surface area contributed by atoms with Crippen LogP contribution in [0.25, 0.3) is 10.8 Å². The molecule has 1 saturated carbocycles. The van der Waals surface area contributed by atoms with Crippen molar-refractivity contribution in [1.82, 2.24) is 10.1 Å². The van der Waals surface area contributed by atoms with Crippen LogP contribution in [0.1, 0.15) is 34.9 Å². The molecule has 0 unspecified atom stereocenters. The maximum absolute atomic E-state index is 12.4. The van der Waals surface area contributed by atoms with Crippen LogP contribution < -0.4 is 5.32 Å². The molecule has 23 heavy (non-hydrogen) atoms. The molecule has 4 rings (SSSR count). The van der Waals surface area contributed by atoms with Crippen LogP contribution in [0.15, 0.2) is 40.2 Å². The first-order valence-electron chi connectivity index (χ1n) is 7.19. The lowest BCUT2D eigenvalue weighted by Crippen LogP contribution is -2.11. The minimum absolute atomic E-state index is 0.150. The normalized spacial score (nSPS) is 14.0. The predicted octanol–water partition coefficient (Wildman–Crippen LogP) is 4.53. The van der Waals surface area contributed by atoms with Gasteiger partial charge in [0.2, 0.25) is 0 Å². The third-order valence-electron chi connectivity index (χ3n) is 3.60. The van der Waals surface area contributed by atoms with Crippen molar-refractivity contribution < 1.29 is 9.32 Å². The van der Waals surface area contributed by atoms with Gasteiger partial charge in [0, 0.05) is 15.1 Å². The highest BCUT2D eigenvalue weighted by Gasteiger charge is 2.29. The summed E-state index contributed by atoms with van der Waals surface area (Å²) < 4.78 is 6.44. The molecule has 5 nitrogen and oxygen atoms in total. The quantitative estimate of drug-likeness (QED) is 0.609. The fraction of sp³-hybridized carbons (Fsp3) is 0.188. The zero-order valence-electron chi connectivity index (χ0n) is 12.0. The molecule has 0 bridgehead atoms. The lowest BCUT2D eigenvalue weighted by atomic mass is 10.2. The van der Waals surface area contributed by atoms with E-state index in [4.69, 9.17) is 4.52 Å². The molecule has 116 valence electrons. The van der Waals surface area contributed by atoms with Crippen LogP contribution in [0.5, 0.6) is 0 Å². The standard InChI is InChI=1S/C16H12IN3O2S/c17-11-5-3-10(4-6-11)15(21)18-12-7-8-23-13(12)16-19-14(20-22-16)9-1-2-9/h3-9H,1-2H2,(H,18,21). The van der Waals surface area contributed by atoms with E-state index in [1.54, 1.807) is 12.1 Å². The second kappa shape index (κ2) is 6.04. The zero-order chi connectivity index (χ0) is 15.8. The van der Waals surface area contributed by atoms with E-state index >= 15 is 0 Å². The summed E-state index contributed by atoms with van der Waals surface area (Å²) in [4.78, 5) is 17.6. The number of carbonyl (C=O) groups excluding carboxylic acids is 1. The van der Waals surface area contributed by atoms with Gasteiger partial charge in [-0.3, -0.25) is 4.79 Å². The van der Waals surface area contributed by atoms with Crippen LogP contribution in [-0.4, -0.2) is 16.0 Å². The second-order valence-corrected chi connectivity index (χ2v) is 7.52. The molecule has 1 N–H and O–H groups in total. The van der Waals surface area contributed by atoms with Crippen molar-refractivity contribution in [2.45, 2.75) is 18.8 Å². The van der Waals surface area contributed by atoms with Crippen LogP contribution in [-0.2, 0) is 0 Å². The van der Waals surface area contributed by atoms with E-state index in [-0.39, 0.29) is 5.91 Å². The SMILES string of the molecule is O=C(Nc1ccsc1-c1nc(C2CC2)no1)c1ccc(I)cc1. The van der Waals surface area contributed by atoms with Crippen molar-refractivity contribution in [2.75, 3.05) is 5.32 Å². The number of nitrogens with one attached hydrogen (secondary N) is 1. The average molecular weight is 437 g/mol. The Morgan fingerprint density at radius 2 is 2.04 bits per heavy atom. The molecule has 1 aromatic carbocycles. The van der Waals surface area contributed by atoms with Gasteiger partial charge in [-0.15, -0.1) is 11.3 Å². The Hall–Kier alpha value is -1.74. The molecule has 1 amide bonds. The monoisotopic (exact) mass is 437 g/mol. The van der Waals surface area contributed by atoms with E-state index < -0.39 is 0 Å². The van der Waals surface area contributed by atoms with Gasteiger partial charge in [-0.05, 0) is 71.1 Å². The molecule has 1 aliphatic rings. The summed E-state index contributed by atoms with van der Waals surface area (Å²) in [6.07, 6.45) is 2.25. The Morgan fingerprint density at radius 1 is 1.26 bits per heavy atom. The lowest BCUT2D eigenvalue weighted by molar-refractivity contribution is 0.102. The maximum Gasteiger partial charge on any atom is 0.270 e. The first-order chi connectivity index (χ1) is 11.2. The van der Waals surface area contributed by atoms with E-state index in [2.05, 4.69) is 38.0 Å². The minimum atomic E-state index is -0.150. The first-order valence-corrected chi connectivity index (χ1v) is 9.15. The largest absolute Gasteiger partial charge is 0.333 e. The second-order valence-electron chi connectivity index (χ2n) is 5.36. The Bertz CT molecular complexity index is 852. The van der Waals surface area contributed by atoms with Crippen molar-refractivity contribution in [3.63, 3.8) is 0 Å². The molecule has 3 aromatic rings. The van der Waals surface area contributed by atoms with Crippen molar-refractivity contribution in [1.29, 1.82) is 0 Å². The maximum atomic E-state index is 12.4. The molecule has 1 aliphatic carbocycles. The number of hydrogen-bond acceptors (Lipinski definition) is 5. The van der Waals surface area contributed by atoms with Crippen molar-refractivity contribution in [2.24, 2.45) is 0 Å². The number of amides is 1. The van der Waals surface area contributed by atoms with Crippen LogP contribution in [0.3, 0.4) is 0 Å². The number of benzene rings is 1. The summed E-state index contributed by atoms with van der Waals surface area (Å²) in [6.45, 7) is 0. The summed E-state index contributed by atoms with van der Waals surface area (Å²) in [7, 11) is 0. The van der Waals surface area contributed by atoms with Gasteiger partial charge in [0.15, 0.2) is 5.82 Å². The van der Waals surface area contributed by atoms with Gasteiger partial charge in [0.05, 0.1) is 5.69 Å². The molecule has 2 heterocycles. The number of thiophene rings is 1. The fourth-order valence-corrected chi connectivity index (χ4v) is 3.33. The molecule has 2 aromatic heterocycles. The third-order valence-corrected chi connectivity index (χ3v) is 5.22. The molecule has 7 heteroatoms. The Kier molecular flexibility index (Phi) is 3.90. The van der Waals surface area contributed by atoms with Gasteiger partial charge in [-0.25, -0.2) is 0 Å². The Labute approximate surface area is 150 Å². The highest BCUT2D eigenvalue weighted by Crippen LogP contribution is 2.40. The lowest BCUT2D eigenvalue weighted by Gasteiger charge is -2.04. The molecule has 0 radical (unpaired) electrons. The van der Waals surface area contributed by atoms with Crippen molar-refractivity contribution >= 4 is 45.5 Å². The van der Waals surface area contributed by atoms with E-state index in [1.807, 2.05) is 23.6 Å². The first kappa shape index (κ1) is 14.8. The van der Waals surface area contributed by atoms with Crippen molar-refractivity contribution in [3.8, 4) is 10.8 Å². The highest BCUT2D eigenvalue weighted by atomic mass is 127. The number of aromatic nitrogens is 2. The number of anilines is 1. The Balaban J connectivity index is 1.56. The van der Waals surface area contributed by atoms with Gasteiger partial charge in [0.1, 0.15) is 4.88 Å². The molecule has 0 spiro atoms. The summed E-state index contributed by atoms with van der Waals surface area (Å²) >= 11 is 3.69. The summed E-state index contributed by atoms with van der Waals surface area (Å²) in [6, 6.07) is 9.28. The summed E-state index contributed by atoms with van der Waals surface area (Å²) in [5.74, 6) is 1.53. The van der Waals surface area contributed by atoms with E-state index in [1.165, 1.54) is 11.3 Å². The summed E-state index contributed by atoms with van der Waals surface area (Å²) in [5.41, 5.74) is 1.32. The molecule has 0 atom stereocenters. The number of nitrogens with zero attached hydrogens (tertiary/aromatic N) is 2. The molecule has 0 aliphatic heterocycles. The van der Waals surface area contributed by atoms with Gasteiger partial charge in [-0.1, -0.05) is 5.16 Å². The van der Waals surface area contributed by atoms with Crippen LogP contribution >= 0.6 is 33.9 Å². The van der Waals surface area contributed by atoms with E-state index in [0.717, 1.165) is 27.1 Å². The van der Waals surface area contributed by atoms with Gasteiger partial charge < -0.3 is 9.84 Å². The third kappa shape index (κ3) is 3.16. The average Bonchev–Trinajstić information content (AvgIpc) is 3.10. The van der Waals surface area contributed by atoms with Crippen LogP contribution in [0.2, 0.25) is 0 Å². The van der Waals surface area contributed by atoms with E-state index in [0.29, 0.717) is 23.1 Å². The smallest absolute Gasteiger partial charge is 0.270 e. The minimum Gasteiger partial charge on any atom is -0.333 e.